The largest absolute Gasteiger partial charge is 0.523 e. The number of likely N-dealkylation sites (tertiary alicyclic amines) is 1. The van der Waals surface area contributed by atoms with Gasteiger partial charge in [-0.25, -0.2) is 4.79 Å². The number of methoxy groups -OCH3 is 1. The fraction of sp³-hybridized carbons (Fsp3) is 0.568. The molecule has 0 spiro atoms. The maximum Gasteiger partial charge on any atom is 0.523 e. The van der Waals surface area contributed by atoms with E-state index in [1.54, 1.807) is 18.2 Å². The smallest absolute Gasteiger partial charge is 0.507 e. The summed E-state index contributed by atoms with van der Waals surface area (Å²) in [5.74, 6) is 1.22. The summed E-state index contributed by atoms with van der Waals surface area (Å²) in [6, 6.07) is 6.72. The summed E-state index contributed by atoms with van der Waals surface area (Å²) in [5, 5.41) is 10.6. The van der Waals surface area contributed by atoms with Crippen LogP contribution in [0.5, 0.6) is 23.0 Å². The fourth-order valence-electron chi connectivity index (χ4n) is 6.93. The highest BCUT2D eigenvalue weighted by Crippen LogP contribution is 2.43. The van der Waals surface area contributed by atoms with Crippen LogP contribution in [0.15, 0.2) is 24.3 Å². The van der Waals surface area contributed by atoms with Gasteiger partial charge in [0.1, 0.15) is 34.6 Å². The van der Waals surface area contributed by atoms with Crippen LogP contribution in [-0.2, 0) is 22.4 Å². The van der Waals surface area contributed by atoms with E-state index in [-0.39, 0.29) is 58.6 Å². The summed E-state index contributed by atoms with van der Waals surface area (Å²) in [7, 11) is 1.31. The van der Waals surface area contributed by atoms with Crippen LogP contribution in [0.2, 0.25) is 0 Å². The van der Waals surface area contributed by atoms with Gasteiger partial charge in [-0.05, 0) is 64.3 Å². The molecule has 2 amide bonds. The third kappa shape index (κ3) is 7.48. The van der Waals surface area contributed by atoms with Crippen molar-refractivity contribution in [1.29, 1.82) is 0 Å². The van der Waals surface area contributed by atoms with E-state index >= 15 is 0 Å². The first-order valence-electron chi connectivity index (χ1n) is 16.9. The first kappa shape index (κ1) is 35.9. The van der Waals surface area contributed by atoms with E-state index in [2.05, 4.69) is 0 Å². The number of imide groups is 1. The summed E-state index contributed by atoms with van der Waals surface area (Å²) in [5.41, 5.74) is 1.33. The predicted octanol–water partition coefficient (Wildman–Crippen LogP) is 7.14. The zero-order valence-corrected chi connectivity index (χ0v) is 28.7. The molecule has 10 nitrogen and oxygen atoms in total. The molecule has 1 N–H and O–H groups in total. The third-order valence-electron chi connectivity index (χ3n) is 9.52. The number of ether oxygens (including phenoxy) is 4. The van der Waals surface area contributed by atoms with E-state index in [0.717, 1.165) is 31.2 Å². The second-order valence-electron chi connectivity index (χ2n) is 13.1. The molecule has 0 radical (unpaired) electrons. The summed E-state index contributed by atoms with van der Waals surface area (Å²) >= 11 is 0. The minimum Gasteiger partial charge on any atom is -0.507 e. The summed E-state index contributed by atoms with van der Waals surface area (Å²) in [6.45, 7) is 10.4. The molecule has 0 saturated carbocycles. The molecule has 2 unspecified atom stereocenters. The van der Waals surface area contributed by atoms with E-state index in [1.807, 2.05) is 33.8 Å². The molecule has 0 aliphatic carbocycles. The van der Waals surface area contributed by atoms with Crippen molar-refractivity contribution in [3.8, 4) is 23.0 Å². The topological polar surface area (TPSA) is 125 Å². The number of rotatable bonds is 14. The number of ketones is 2. The molecule has 0 aromatic heterocycles. The van der Waals surface area contributed by atoms with Gasteiger partial charge in [-0.1, -0.05) is 26.7 Å². The minimum atomic E-state index is -0.919. The number of phenols is 1. The molecule has 256 valence electrons. The van der Waals surface area contributed by atoms with Crippen molar-refractivity contribution in [1.82, 2.24) is 0 Å². The molecule has 47 heavy (non-hydrogen) atoms. The van der Waals surface area contributed by atoms with Crippen molar-refractivity contribution in [3.05, 3.63) is 46.5 Å². The van der Waals surface area contributed by atoms with Gasteiger partial charge in [0.25, 0.3) is 0 Å². The number of quaternary nitrogens is 1. The molecular weight excluding hydrogens is 602 g/mol. The zero-order valence-electron chi connectivity index (χ0n) is 28.7. The molecule has 2 aromatic carbocycles. The second-order valence-corrected chi connectivity index (χ2v) is 13.1. The SMILES string of the molecule is CCCc1c(OCCCOc2ccc3c(c2CCC)OC(C)(CCC(=O)[N+]2(C(=O)OC)CCC[C@H]2C)CC3=O)ccc(C(C)=O)c1O. The van der Waals surface area contributed by atoms with E-state index < -0.39 is 11.7 Å². The molecule has 2 aromatic rings. The molecule has 0 bridgehead atoms. The Morgan fingerprint density at radius 3 is 2.26 bits per heavy atom. The van der Waals surface area contributed by atoms with Crippen molar-refractivity contribution in [2.45, 2.75) is 110 Å². The average molecular weight is 653 g/mol. The van der Waals surface area contributed by atoms with Crippen molar-refractivity contribution >= 4 is 23.6 Å². The van der Waals surface area contributed by atoms with Gasteiger partial charge in [0.2, 0.25) is 0 Å². The quantitative estimate of drug-likeness (QED) is 0.129. The van der Waals surface area contributed by atoms with E-state index in [1.165, 1.54) is 14.0 Å². The van der Waals surface area contributed by atoms with Crippen molar-refractivity contribution < 1.29 is 47.7 Å². The Balaban J connectivity index is 1.44. The predicted molar refractivity (Wildman–Crippen MR) is 177 cm³/mol. The van der Waals surface area contributed by atoms with Crippen LogP contribution in [0.25, 0.3) is 0 Å². The van der Waals surface area contributed by atoms with Gasteiger partial charge in [0, 0.05) is 30.4 Å². The molecule has 2 aliphatic rings. The molecule has 2 heterocycles. The molecule has 2 aliphatic heterocycles. The minimum absolute atomic E-state index is 0.0209. The number of aromatic hydroxyl groups is 1. The van der Waals surface area contributed by atoms with Crippen molar-refractivity contribution in [2.75, 3.05) is 26.9 Å². The Kier molecular flexibility index (Phi) is 11.7. The monoisotopic (exact) mass is 652 g/mol. The lowest BCUT2D eigenvalue weighted by Crippen LogP contribution is -2.59. The van der Waals surface area contributed by atoms with Crippen LogP contribution in [0.3, 0.4) is 0 Å². The third-order valence-corrected chi connectivity index (χ3v) is 9.52. The first-order chi connectivity index (χ1) is 22.4. The number of fused-ring (bicyclic) bond motifs is 1. The Labute approximate surface area is 277 Å². The lowest BCUT2D eigenvalue weighted by atomic mass is 9.86. The van der Waals surface area contributed by atoms with E-state index in [0.29, 0.717) is 67.4 Å². The number of amides is 2. The zero-order chi connectivity index (χ0) is 34.4. The van der Waals surface area contributed by atoms with Crippen LogP contribution < -0.4 is 14.2 Å². The van der Waals surface area contributed by atoms with Gasteiger partial charge in [-0.15, -0.1) is 0 Å². The van der Waals surface area contributed by atoms with Crippen LogP contribution in [0.4, 0.5) is 4.79 Å². The van der Waals surface area contributed by atoms with Crippen LogP contribution in [-0.4, -0.2) is 71.7 Å². The standard InChI is InChI=1S/C37H49NO9/c1-7-11-28-31(16-14-26(25(4)39)34(28)42)45-21-10-22-46-32-17-15-27-30(40)23-37(5,47-35(27)29(32)12-8-2)19-18-33(41)38(36(43)44-6)20-9-13-24(38)3/h14-17,24H,7-13,18-23H2,1-6H3/p+1/t24-,37?,38?/m1/s1. The van der Waals surface area contributed by atoms with Gasteiger partial charge in [-0.3, -0.25) is 9.59 Å². The highest BCUT2D eigenvalue weighted by molar-refractivity contribution is 6.01. The Hall–Kier alpha value is -3.92. The Bertz CT molecular complexity index is 1500. The van der Waals surface area contributed by atoms with Gasteiger partial charge >= 0.3 is 12.0 Å². The number of carbonyl (C=O) groups is 4. The fourth-order valence-corrected chi connectivity index (χ4v) is 6.93. The maximum absolute atomic E-state index is 13.6. The van der Waals surface area contributed by atoms with Crippen LogP contribution >= 0.6 is 0 Å². The average Bonchev–Trinajstić information content (AvgIpc) is 3.43. The number of phenolic OH excluding ortho intramolecular Hbond substituents is 1. The normalized spacial score (nSPS) is 21.9. The summed E-state index contributed by atoms with van der Waals surface area (Å²) in [6.07, 6.45) is 4.91. The van der Waals surface area contributed by atoms with E-state index in [4.69, 9.17) is 18.9 Å². The van der Waals surface area contributed by atoms with Crippen LogP contribution in [0.1, 0.15) is 118 Å². The molecule has 1 fully saturated rings. The number of hydrogen-bond donors (Lipinski definition) is 1. The second kappa shape index (κ2) is 15.3. The molecular formula is C37H50NO9+. The number of benzene rings is 2. The van der Waals surface area contributed by atoms with E-state index in [9.17, 15) is 24.3 Å². The highest BCUT2D eigenvalue weighted by Gasteiger charge is 2.54. The molecule has 4 rings (SSSR count). The lowest BCUT2D eigenvalue weighted by Gasteiger charge is -2.37. The van der Waals surface area contributed by atoms with Gasteiger partial charge < -0.3 is 24.1 Å². The molecule has 3 atom stereocenters. The molecule has 10 heteroatoms. The summed E-state index contributed by atoms with van der Waals surface area (Å²) < 4.78 is 23.5. The number of Topliss-reactive ketones (excluding diaryl/α,β-unsaturated/α-hetero) is 2. The van der Waals surface area contributed by atoms with Crippen molar-refractivity contribution in [2.24, 2.45) is 0 Å². The number of carbonyl (C=O) groups excluding carboxylic acids is 4. The van der Waals surface area contributed by atoms with Crippen LogP contribution in [0, 0.1) is 0 Å². The lowest BCUT2D eigenvalue weighted by molar-refractivity contribution is -0.792. The van der Waals surface area contributed by atoms with Crippen molar-refractivity contribution in [3.63, 3.8) is 0 Å². The van der Waals surface area contributed by atoms with Gasteiger partial charge in [0.05, 0.1) is 50.8 Å². The highest BCUT2D eigenvalue weighted by atomic mass is 16.6. The maximum atomic E-state index is 13.6. The Morgan fingerprint density at radius 2 is 1.66 bits per heavy atom. The molecule has 1 saturated heterocycles. The van der Waals surface area contributed by atoms with Gasteiger partial charge in [-0.2, -0.15) is 9.28 Å². The van der Waals surface area contributed by atoms with Gasteiger partial charge in [0.15, 0.2) is 11.6 Å². The summed E-state index contributed by atoms with van der Waals surface area (Å²) in [4.78, 5) is 51.6. The first-order valence-corrected chi connectivity index (χ1v) is 16.9. The Morgan fingerprint density at radius 1 is 1.02 bits per heavy atom. The number of nitrogens with zero attached hydrogens (tertiary/aromatic N) is 1. The number of hydrogen-bond acceptors (Lipinski definition) is 9.